The van der Waals surface area contributed by atoms with E-state index < -0.39 is 0 Å². The van der Waals surface area contributed by atoms with Crippen LogP contribution >= 0.6 is 11.6 Å². The van der Waals surface area contributed by atoms with Gasteiger partial charge in [-0.3, -0.25) is 4.68 Å². The first-order chi connectivity index (χ1) is 7.70. The van der Waals surface area contributed by atoms with Gasteiger partial charge in [0.25, 0.3) is 0 Å². The van der Waals surface area contributed by atoms with Gasteiger partial charge in [-0.25, -0.2) is 4.98 Å². The fraction of sp³-hybridized carbons (Fsp3) is 0.273. The lowest BCUT2D eigenvalue weighted by atomic mass is 10.3. The van der Waals surface area contributed by atoms with Crippen LogP contribution in [0.5, 0.6) is 0 Å². The molecule has 0 spiro atoms. The summed E-state index contributed by atoms with van der Waals surface area (Å²) in [6.45, 7) is 2.57. The number of aromatic nitrogens is 3. The minimum absolute atomic E-state index is 0.633. The predicted molar refractivity (Wildman–Crippen MR) is 64.9 cm³/mol. The van der Waals surface area contributed by atoms with Crippen LogP contribution in [-0.2, 0) is 6.54 Å². The van der Waals surface area contributed by atoms with E-state index in [4.69, 9.17) is 11.6 Å². The van der Waals surface area contributed by atoms with Gasteiger partial charge >= 0.3 is 0 Å². The Morgan fingerprint density at radius 1 is 1.44 bits per heavy atom. The molecule has 2 aromatic heterocycles. The smallest absolute Gasteiger partial charge is 0.126 e. The second-order valence-corrected chi connectivity index (χ2v) is 3.91. The lowest BCUT2D eigenvalue weighted by Crippen LogP contribution is -2.06. The first-order valence-corrected chi connectivity index (χ1v) is 5.40. The molecule has 0 amide bonds. The first kappa shape index (κ1) is 11.0. The van der Waals surface area contributed by atoms with Gasteiger partial charge in [0, 0.05) is 7.05 Å². The molecule has 0 aliphatic heterocycles. The zero-order valence-corrected chi connectivity index (χ0v) is 9.99. The standard InChI is InChI=1S/C11H13ClN4/c1-8-10(12)6-14-16(8)7-9-4-3-5-11(13-2)15-9/h3-6H,7H2,1-2H3,(H,13,15). The zero-order chi connectivity index (χ0) is 11.5. The number of rotatable bonds is 3. The SMILES string of the molecule is CNc1cccc(Cn2ncc(Cl)c2C)n1. The van der Waals surface area contributed by atoms with E-state index in [-0.39, 0.29) is 0 Å². The molecule has 0 aliphatic rings. The van der Waals surface area contributed by atoms with Gasteiger partial charge < -0.3 is 5.32 Å². The first-order valence-electron chi connectivity index (χ1n) is 5.02. The monoisotopic (exact) mass is 236 g/mol. The van der Waals surface area contributed by atoms with E-state index in [0.717, 1.165) is 17.2 Å². The van der Waals surface area contributed by atoms with Crippen LogP contribution < -0.4 is 5.32 Å². The molecule has 0 unspecified atom stereocenters. The molecule has 5 heteroatoms. The third-order valence-corrected chi connectivity index (χ3v) is 2.79. The van der Waals surface area contributed by atoms with Crippen LogP contribution in [0.4, 0.5) is 5.82 Å². The second kappa shape index (κ2) is 4.53. The second-order valence-electron chi connectivity index (χ2n) is 3.50. The van der Waals surface area contributed by atoms with E-state index in [9.17, 15) is 0 Å². The number of hydrogen-bond acceptors (Lipinski definition) is 3. The molecule has 0 saturated heterocycles. The molecule has 0 bridgehead atoms. The minimum atomic E-state index is 0.633. The number of anilines is 1. The topological polar surface area (TPSA) is 42.7 Å². The van der Waals surface area contributed by atoms with E-state index in [1.54, 1.807) is 6.20 Å². The maximum absolute atomic E-state index is 5.94. The number of nitrogens with zero attached hydrogens (tertiary/aromatic N) is 3. The van der Waals surface area contributed by atoms with E-state index in [2.05, 4.69) is 15.4 Å². The molecule has 0 atom stereocenters. The Kier molecular flexibility index (Phi) is 3.10. The fourth-order valence-corrected chi connectivity index (χ4v) is 1.58. The Labute approximate surface area is 99.3 Å². The molecule has 0 aromatic carbocycles. The fourth-order valence-electron chi connectivity index (χ4n) is 1.44. The molecule has 1 N–H and O–H groups in total. The van der Waals surface area contributed by atoms with Crippen molar-refractivity contribution in [1.29, 1.82) is 0 Å². The van der Waals surface area contributed by atoms with Crippen LogP contribution in [0, 0.1) is 6.92 Å². The highest BCUT2D eigenvalue weighted by Crippen LogP contribution is 2.14. The van der Waals surface area contributed by atoms with Crippen molar-refractivity contribution in [3.05, 3.63) is 40.8 Å². The van der Waals surface area contributed by atoms with Crippen molar-refractivity contribution >= 4 is 17.4 Å². The zero-order valence-electron chi connectivity index (χ0n) is 9.24. The van der Waals surface area contributed by atoms with Crippen molar-refractivity contribution in [2.75, 3.05) is 12.4 Å². The van der Waals surface area contributed by atoms with Crippen LogP contribution in [0.2, 0.25) is 5.02 Å². The largest absolute Gasteiger partial charge is 0.373 e. The molecule has 0 saturated carbocycles. The van der Waals surface area contributed by atoms with Crippen LogP contribution in [0.1, 0.15) is 11.4 Å². The normalized spacial score (nSPS) is 10.4. The van der Waals surface area contributed by atoms with Gasteiger partial charge in [-0.05, 0) is 19.1 Å². The summed E-state index contributed by atoms with van der Waals surface area (Å²) in [6, 6.07) is 5.86. The maximum Gasteiger partial charge on any atom is 0.126 e. The lowest BCUT2D eigenvalue weighted by Gasteiger charge is -2.05. The molecule has 0 radical (unpaired) electrons. The van der Waals surface area contributed by atoms with Crippen LogP contribution in [-0.4, -0.2) is 21.8 Å². The summed E-state index contributed by atoms with van der Waals surface area (Å²) in [5.41, 5.74) is 1.91. The maximum atomic E-state index is 5.94. The van der Waals surface area contributed by atoms with E-state index >= 15 is 0 Å². The molecule has 0 aliphatic carbocycles. The van der Waals surface area contributed by atoms with Crippen LogP contribution in [0.25, 0.3) is 0 Å². The molecular weight excluding hydrogens is 224 g/mol. The summed E-state index contributed by atoms with van der Waals surface area (Å²) in [6.07, 6.45) is 1.65. The van der Waals surface area contributed by atoms with Gasteiger partial charge in [0.1, 0.15) is 5.82 Å². The Morgan fingerprint density at radius 2 is 2.25 bits per heavy atom. The van der Waals surface area contributed by atoms with Gasteiger partial charge in [-0.15, -0.1) is 0 Å². The van der Waals surface area contributed by atoms with Crippen molar-refractivity contribution in [3.8, 4) is 0 Å². The molecule has 84 valence electrons. The van der Waals surface area contributed by atoms with Gasteiger partial charge in [0.15, 0.2) is 0 Å². The summed E-state index contributed by atoms with van der Waals surface area (Å²) in [7, 11) is 1.85. The Morgan fingerprint density at radius 3 is 2.88 bits per heavy atom. The van der Waals surface area contributed by atoms with E-state index in [1.165, 1.54) is 0 Å². The van der Waals surface area contributed by atoms with Crippen molar-refractivity contribution < 1.29 is 0 Å². The van der Waals surface area contributed by atoms with Gasteiger partial charge in [-0.1, -0.05) is 17.7 Å². The summed E-state index contributed by atoms with van der Waals surface area (Å²) < 4.78 is 1.84. The minimum Gasteiger partial charge on any atom is -0.373 e. The van der Waals surface area contributed by atoms with Crippen LogP contribution in [0.3, 0.4) is 0 Å². The van der Waals surface area contributed by atoms with E-state index in [0.29, 0.717) is 11.6 Å². The number of pyridine rings is 1. The third kappa shape index (κ3) is 2.17. The lowest BCUT2D eigenvalue weighted by molar-refractivity contribution is 0.653. The number of nitrogens with one attached hydrogen (secondary N) is 1. The molecule has 2 heterocycles. The molecule has 0 fully saturated rings. The summed E-state index contributed by atoms with van der Waals surface area (Å²) in [5.74, 6) is 0.855. The molecule has 2 aromatic rings. The average molecular weight is 237 g/mol. The van der Waals surface area contributed by atoms with Crippen LogP contribution in [0.15, 0.2) is 24.4 Å². The molecule has 16 heavy (non-hydrogen) atoms. The van der Waals surface area contributed by atoms with Crippen molar-refractivity contribution in [1.82, 2.24) is 14.8 Å². The summed E-state index contributed by atoms with van der Waals surface area (Å²) in [5, 5.41) is 7.88. The third-order valence-electron chi connectivity index (χ3n) is 2.42. The Hall–Kier alpha value is -1.55. The summed E-state index contributed by atoms with van der Waals surface area (Å²) in [4.78, 5) is 4.42. The number of hydrogen-bond donors (Lipinski definition) is 1. The van der Waals surface area contributed by atoms with Gasteiger partial charge in [0.2, 0.25) is 0 Å². The van der Waals surface area contributed by atoms with Crippen molar-refractivity contribution in [2.24, 2.45) is 0 Å². The predicted octanol–water partition coefficient (Wildman–Crippen LogP) is 2.33. The molecule has 2 rings (SSSR count). The molecule has 4 nitrogen and oxygen atoms in total. The highest BCUT2D eigenvalue weighted by molar-refractivity contribution is 6.31. The molecular formula is C11H13ClN4. The van der Waals surface area contributed by atoms with Gasteiger partial charge in [-0.2, -0.15) is 5.10 Å². The Balaban J connectivity index is 2.23. The number of halogens is 1. The van der Waals surface area contributed by atoms with Crippen molar-refractivity contribution in [2.45, 2.75) is 13.5 Å². The highest BCUT2D eigenvalue weighted by atomic mass is 35.5. The Bertz CT molecular complexity index is 492. The van der Waals surface area contributed by atoms with E-state index in [1.807, 2.05) is 36.9 Å². The highest BCUT2D eigenvalue weighted by Gasteiger charge is 2.05. The van der Waals surface area contributed by atoms with Gasteiger partial charge in [0.05, 0.1) is 29.2 Å². The van der Waals surface area contributed by atoms with Crippen molar-refractivity contribution in [3.63, 3.8) is 0 Å². The quantitative estimate of drug-likeness (QED) is 0.890. The average Bonchev–Trinajstić information content (AvgIpc) is 2.61. The summed E-state index contributed by atoms with van der Waals surface area (Å²) >= 11 is 5.94.